The number of hydrogen-bond acceptors (Lipinski definition) is 7. The fraction of sp³-hybridized carbons (Fsp3) is 0.231. The van der Waals surface area contributed by atoms with Crippen LogP contribution in [0, 0.1) is 8.98 Å². The number of halogens is 1. The molecule has 0 atom stereocenters. The number of fused-ring (bicyclic) bond motifs is 1. The predicted octanol–water partition coefficient (Wildman–Crippen LogP) is 5.52. The fourth-order valence-corrected chi connectivity index (χ4v) is 5.17. The third-order valence-corrected chi connectivity index (χ3v) is 7.14. The Bertz CT molecular complexity index is 1300. The number of hydrogen-bond donors (Lipinski definition) is 1. The first-order valence-corrected chi connectivity index (χ1v) is 13.2. The SMILES string of the molecule is C=CCc1ccccc1OCCOc1c(I)cc(C=C2C(=N)N3N=C(CC)SC3=NC2=O)cc1OC. The lowest BCUT2D eigenvalue weighted by molar-refractivity contribution is -0.114. The van der Waals surface area contributed by atoms with E-state index in [0.717, 1.165) is 26.3 Å². The molecule has 2 aliphatic rings. The number of nitrogens with zero attached hydrogens (tertiary/aromatic N) is 3. The molecule has 2 aromatic carbocycles. The van der Waals surface area contributed by atoms with E-state index in [9.17, 15) is 4.79 Å². The standard InChI is InChI=1S/C26H25IN4O4S/c1-4-8-17-9-6-7-10-20(17)34-11-12-35-23-19(27)14-16(15-21(23)33-3)13-18-24(28)31-26(29-25(18)32)36-22(5-2)30-31/h4,6-7,9-10,13-15,28H,1,5,8,11-12H2,2-3H3. The number of aliphatic imine (C=N–C) groups is 1. The third-order valence-electron chi connectivity index (χ3n) is 5.29. The van der Waals surface area contributed by atoms with Crippen molar-refractivity contribution < 1.29 is 19.0 Å². The molecular weight excluding hydrogens is 591 g/mol. The number of amidine groups is 2. The van der Waals surface area contributed by atoms with Crippen molar-refractivity contribution >= 4 is 62.4 Å². The summed E-state index contributed by atoms with van der Waals surface area (Å²) >= 11 is 3.48. The Balaban J connectivity index is 1.48. The van der Waals surface area contributed by atoms with Crippen LogP contribution in [0.25, 0.3) is 6.08 Å². The van der Waals surface area contributed by atoms with Gasteiger partial charge in [-0.25, -0.2) is 0 Å². The molecule has 0 saturated carbocycles. The van der Waals surface area contributed by atoms with E-state index in [-0.39, 0.29) is 11.4 Å². The zero-order valence-corrected chi connectivity index (χ0v) is 22.9. The molecular formula is C26H25IN4O4S. The molecule has 2 heterocycles. The van der Waals surface area contributed by atoms with Crippen molar-refractivity contribution in [1.29, 1.82) is 5.41 Å². The summed E-state index contributed by atoms with van der Waals surface area (Å²) in [5.41, 5.74) is 1.93. The average molecular weight is 616 g/mol. The largest absolute Gasteiger partial charge is 0.493 e. The molecule has 0 aromatic heterocycles. The Morgan fingerprint density at radius 2 is 1.97 bits per heavy atom. The molecule has 0 radical (unpaired) electrons. The van der Waals surface area contributed by atoms with Gasteiger partial charge in [0, 0.05) is 0 Å². The van der Waals surface area contributed by atoms with E-state index < -0.39 is 5.91 Å². The average Bonchev–Trinajstić information content (AvgIpc) is 3.29. The summed E-state index contributed by atoms with van der Waals surface area (Å²) in [5.74, 6) is 1.45. The third kappa shape index (κ3) is 5.65. The minimum atomic E-state index is -0.463. The van der Waals surface area contributed by atoms with Gasteiger partial charge in [0.1, 0.15) is 24.0 Å². The van der Waals surface area contributed by atoms with E-state index in [4.69, 9.17) is 19.6 Å². The highest BCUT2D eigenvalue weighted by molar-refractivity contribution is 14.1. The van der Waals surface area contributed by atoms with Crippen LogP contribution in [0.15, 0.2) is 64.7 Å². The lowest BCUT2D eigenvalue weighted by Gasteiger charge is -2.20. The highest BCUT2D eigenvalue weighted by atomic mass is 127. The van der Waals surface area contributed by atoms with Crippen LogP contribution in [0.5, 0.6) is 17.2 Å². The number of carbonyl (C=O) groups excluding carboxylic acids is 1. The van der Waals surface area contributed by atoms with Crippen LogP contribution in [0.2, 0.25) is 0 Å². The van der Waals surface area contributed by atoms with Crippen molar-refractivity contribution in [3.8, 4) is 17.2 Å². The monoisotopic (exact) mass is 616 g/mol. The second-order valence-corrected chi connectivity index (χ2v) is 9.90. The summed E-state index contributed by atoms with van der Waals surface area (Å²) in [7, 11) is 1.56. The van der Waals surface area contributed by atoms with Gasteiger partial charge in [0.2, 0.25) is 5.17 Å². The first kappa shape index (κ1) is 26.0. The predicted molar refractivity (Wildman–Crippen MR) is 152 cm³/mol. The Morgan fingerprint density at radius 3 is 2.72 bits per heavy atom. The summed E-state index contributed by atoms with van der Waals surface area (Å²) in [6.07, 6.45) is 4.91. The summed E-state index contributed by atoms with van der Waals surface area (Å²) in [5, 5.41) is 15.5. The molecule has 0 spiro atoms. The quantitative estimate of drug-likeness (QED) is 0.164. The van der Waals surface area contributed by atoms with Crippen LogP contribution in [0.1, 0.15) is 24.5 Å². The maximum absolute atomic E-state index is 12.6. The highest BCUT2D eigenvalue weighted by Gasteiger charge is 2.35. The normalized spacial score (nSPS) is 16.0. The smallest absolute Gasteiger partial charge is 0.283 e. The van der Waals surface area contributed by atoms with Crippen LogP contribution in [-0.4, -0.2) is 47.3 Å². The van der Waals surface area contributed by atoms with E-state index in [1.165, 1.54) is 16.8 Å². The molecule has 0 fully saturated rings. The minimum Gasteiger partial charge on any atom is -0.493 e. The van der Waals surface area contributed by atoms with Crippen molar-refractivity contribution in [2.45, 2.75) is 19.8 Å². The molecule has 2 aromatic rings. The van der Waals surface area contributed by atoms with Crippen molar-refractivity contribution in [3.63, 3.8) is 0 Å². The van der Waals surface area contributed by atoms with Gasteiger partial charge in [-0.1, -0.05) is 31.2 Å². The molecule has 1 N–H and O–H groups in total. The van der Waals surface area contributed by atoms with Crippen LogP contribution in [0.4, 0.5) is 0 Å². The maximum atomic E-state index is 12.6. The fourth-order valence-electron chi connectivity index (χ4n) is 3.57. The molecule has 10 heteroatoms. The second-order valence-electron chi connectivity index (χ2n) is 7.70. The number of para-hydroxylation sites is 1. The molecule has 36 heavy (non-hydrogen) atoms. The zero-order chi connectivity index (χ0) is 25.7. The maximum Gasteiger partial charge on any atom is 0.283 e. The van der Waals surface area contributed by atoms with Gasteiger partial charge in [0.15, 0.2) is 17.3 Å². The molecule has 0 bridgehead atoms. The second kappa shape index (κ2) is 11.7. The van der Waals surface area contributed by atoms with E-state index in [1.54, 1.807) is 19.3 Å². The first-order chi connectivity index (χ1) is 17.4. The molecule has 2 aliphatic heterocycles. The molecule has 1 amide bonds. The lowest BCUT2D eigenvalue weighted by Crippen LogP contribution is -2.35. The molecule has 0 unspecified atom stereocenters. The number of allylic oxidation sites excluding steroid dienone is 1. The van der Waals surface area contributed by atoms with Crippen LogP contribution >= 0.6 is 34.4 Å². The number of amides is 1. The van der Waals surface area contributed by atoms with Gasteiger partial charge in [0.05, 0.1) is 16.3 Å². The number of thioether (sulfide) groups is 1. The number of ether oxygens (including phenoxy) is 3. The Labute approximate surface area is 227 Å². The number of hydrazone groups is 1. The van der Waals surface area contributed by atoms with Crippen LogP contribution in [-0.2, 0) is 11.2 Å². The van der Waals surface area contributed by atoms with Gasteiger partial charge < -0.3 is 14.2 Å². The molecule has 4 rings (SSSR count). The van der Waals surface area contributed by atoms with E-state index in [2.05, 4.69) is 39.3 Å². The summed E-state index contributed by atoms with van der Waals surface area (Å²) in [4.78, 5) is 16.8. The minimum absolute atomic E-state index is 0.00383. The molecule has 186 valence electrons. The number of rotatable bonds is 10. The summed E-state index contributed by atoms with van der Waals surface area (Å²) in [6.45, 7) is 6.44. The van der Waals surface area contributed by atoms with E-state index in [1.807, 2.05) is 43.3 Å². The van der Waals surface area contributed by atoms with Crippen molar-refractivity contribution in [3.05, 3.63) is 69.3 Å². The van der Waals surface area contributed by atoms with Gasteiger partial charge in [-0.3, -0.25) is 10.2 Å². The first-order valence-electron chi connectivity index (χ1n) is 11.3. The van der Waals surface area contributed by atoms with Crippen LogP contribution in [0.3, 0.4) is 0 Å². The van der Waals surface area contributed by atoms with E-state index in [0.29, 0.717) is 41.9 Å². The van der Waals surface area contributed by atoms with Gasteiger partial charge in [-0.2, -0.15) is 15.1 Å². The molecule has 8 nitrogen and oxygen atoms in total. The van der Waals surface area contributed by atoms with Gasteiger partial charge in [-0.05, 0) is 82.6 Å². The van der Waals surface area contributed by atoms with Gasteiger partial charge in [-0.15, -0.1) is 6.58 Å². The van der Waals surface area contributed by atoms with Crippen molar-refractivity contribution in [2.24, 2.45) is 10.1 Å². The van der Waals surface area contributed by atoms with Gasteiger partial charge in [0.25, 0.3) is 5.91 Å². The lowest BCUT2D eigenvalue weighted by atomic mass is 10.1. The Morgan fingerprint density at radius 1 is 1.19 bits per heavy atom. The molecule has 0 saturated heterocycles. The Kier molecular flexibility index (Phi) is 8.47. The van der Waals surface area contributed by atoms with Crippen molar-refractivity contribution in [1.82, 2.24) is 5.01 Å². The summed E-state index contributed by atoms with van der Waals surface area (Å²) < 4.78 is 18.3. The summed E-state index contributed by atoms with van der Waals surface area (Å²) in [6, 6.07) is 11.5. The number of carbonyl (C=O) groups is 1. The zero-order valence-electron chi connectivity index (χ0n) is 19.9. The Hall–Kier alpha value is -3.12. The topological polar surface area (TPSA) is 96.6 Å². The van der Waals surface area contributed by atoms with Crippen LogP contribution < -0.4 is 14.2 Å². The number of nitrogens with one attached hydrogen (secondary N) is 1. The van der Waals surface area contributed by atoms with Gasteiger partial charge >= 0.3 is 0 Å². The highest BCUT2D eigenvalue weighted by Crippen LogP contribution is 2.36. The van der Waals surface area contributed by atoms with Crippen molar-refractivity contribution in [2.75, 3.05) is 20.3 Å². The number of benzene rings is 2. The van der Waals surface area contributed by atoms with E-state index >= 15 is 0 Å². The number of methoxy groups -OCH3 is 1. The molecule has 0 aliphatic carbocycles.